The van der Waals surface area contributed by atoms with E-state index in [1.165, 1.54) is 38.5 Å². The molecule has 1 saturated heterocycles. The van der Waals surface area contributed by atoms with E-state index < -0.39 is 67.4 Å². The number of hydrogen-bond donors (Lipinski definition) is 6. The first-order valence-electron chi connectivity index (χ1n) is 26.8. The molecule has 0 saturated carbocycles. The van der Waals surface area contributed by atoms with Crippen LogP contribution in [0.1, 0.15) is 156 Å². The van der Waals surface area contributed by atoms with Crippen molar-refractivity contribution < 1.29 is 49.3 Å². The van der Waals surface area contributed by atoms with Gasteiger partial charge in [-0.1, -0.05) is 231 Å². The Labute approximate surface area is 428 Å². The van der Waals surface area contributed by atoms with Gasteiger partial charge in [-0.3, -0.25) is 9.59 Å². The molecule has 8 unspecified atom stereocenters. The van der Waals surface area contributed by atoms with Crippen LogP contribution in [0.4, 0.5) is 0 Å². The Morgan fingerprint density at radius 1 is 0.563 bits per heavy atom. The summed E-state index contributed by atoms with van der Waals surface area (Å²) in [7, 11) is 0. The predicted octanol–water partition coefficient (Wildman–Crippen LogP) is 11.5. The number of carbonyl (C=O) groups excluding carboxylic acids is 2. The topological polar surface area (TPSA) is 175 Å². The van der Waals surface area contributed by atoms with E-state index in [1.807, 2.05) is 122 Å². The van der Waals surface area contributed by atoms with Crippen molar-refractivity contribution in [1.29, 1.82) is 0 Å². The Balaban J connectivity index is 2.84. The van der Waals surface area contributed by atoms with Crippen molar-refractivity contribution in [3.63, 3.8) is 0 Å². The van der Waals surface area contributed by atoms with Gasteiger partial charge in [-0.15, -0.1) is 0 Å². The van der Waals surface area contributed by atoms with Gasteiger partial charge in [-0.05, 0) is 64.2 Å². The summed E-state index contributed by atoms with van der Waals surface area (Å²) in [6, 6.07) is -1.07. The van der Waals surface area contributed by atoms with Crippen LogP contribution in [0.15, 0.2) is 146 Å². The number of aliphatic hydroxyl groups excluding tert-OH is 5. The molecule has 0 aromatic heterocycles. The Morgan fingerprint density at radius 3 is 1.52 bits per heavy atom. The van der Waals surface area contributed by atoms with Gasteiger partial charge in [0.2, 0.25) is 5.91 Å². The van der Waals surface area contributed by atoms with Gasteiger partial charge in [-0.25, -0.2) is 0 Å². The van der Waals surface area contributed by atoms with Crippen LogP contribution in [0.5, 0.6) is 0 Å². The summed E-state index contributed by atoms with van der Waals surface area (Å²) < 4.78 is 17.5. The molecule has 0 aliphatic carbocycles. The first-order valence-corrected chi connectivity index (χ1v) is 26.8. The van der Waals surface area contributed by atoms with Crippen LogP contribution in [-0.2, 0) is 23.8 Å². The lowest BCUT2D eigenvalue weighted by molar-refractivity contribution is -0.305. The number of esters is 1. The van der Waals surface area contributed by atoms with E-state index >= 15 is 0 Å². The number of hydrogen-bond acceptors (Lipinski definition) is 10. The molecule has 1 fully saturated rings. The molecular formula is C60H93NO10. The van der Waals surface area contributed by atoms with Gasteiger partial charge in [0.1, 0.15) is 24.4 Å². The average Bonchev–Trinajstić information content (AvgIpc) is 3.37. The van der Waals surface area contributed by atoms with Gasteiger partial charge >= 0.3 is 5.97 Å². The number of unbranched alkanes of at least 4 members (excludes halogenated alkanes) is 14. The first kappa shape index (κ1) is 64.6. The molecule has 0 aromatic rings. The van der Waals surface area contributed by atoms with Gasteiger partial charge in [-0.2, -0.15) is 0 Å². The third-order valence-corrected chi connectivity index (χ3v) is 11.5. The molecule has 1 rings (SSSR count). The fourth-order valence-corrected chi connectivity index (χ4v) is 7.29. The number of ether oxygens (including phenoxy) is 3. The van der Waals surface area contributed by atoms with Crippen molar-refractivity contribution >= 4 is 11.9 Å². The largest absolute Gasteiger partial charge is 0.454 e. The number of carbonyl (C=O) groups is 2. The molecule has 6 N–H and O–H groups in total. The zero-order valence-corrected chi connectivity index (χ0v) is 43.5. The van der Waals surface area contributed by atoms with Crippen LogP contribution in [-0.4, -0.2) is 99.6 Å². The molecule has 398 valence electrons. The molecule has 1 amide bonds. The van der Waals surface area contributed by atoms with E-state index in [-0.39, 0.29) is 19.4 Å². The van der Waals surface area contributed by atoms with Crippen LogP contribution in [0.2, 0.25) is 0 Å². The average molecular weight is 988 g/mol. The van der Waals surface area contributed by atoms with Gasteiger partial charge < -0.3 is 45.1 Å². The minimum Gasteiger partial charge on any atom is -0.454 e. The fourth-order valence-electron chi connectivity index (χ4n) is 7.29. The Bertz CT molecular complexity index is 1700. The summed E-state index contributed by atoms with van der Waals surface area (Å²) in [5.41, 5.74) is 0. The molecule has 0 bridgehead atoms. The second-order valence-electron chi connectivity index (χ2n) is 17.8. The lowest BCUT2D eigenvalue weighted by atomic mass is 9.99. The van der Waals surface area contributed by atoms with E-state index in [2.05, 4.69) is 44.3 Å². The Hall–Kier alpha value is -4.46. The number of amides is 1. The van der Waals surface area contributed by atoms with Crippen LogP contribution in [0, 0.1) is 0 Å². The SMILES string of the molecule is CC\C=C/C=C/C=C/C=C\C=C\C=C\CCCCCC(=O)OC1C(OCC(NC(=O)C(O)CCCC/C=C/C=C\C=C/C=C/C=C/CC)C(O)/C=C/CCCCCCCCCCC)OC(CO)C(O)C1O. The minimum atomic E-state index is -1.65. The Morgan fingerprint density at radius 2 is 1.01 bits per heavy atom. The van der Waals surface area contributed by atoms with Crippen LogP contribution >= 0.6 is 0 Å². The quantitative estimate of drug-likeness (QED) is 0.0150. The van der Waals surface area contributed by atoms with Gasteiger partial charge in [0, 0.05) is 6.42 Å². The highest BCUT2D eigenvalue weighted by Crippen LogP contribution is 2.26. The van der Waals surface area contributed by atoms with E-state index in [0.717, 1.165) is 70.6 Å². The number of aliphatic hydroxyl groups is 5. The van der Waals surface area contributed by atoms with Crippen molar-refractivity contribution in [1.82, 2.24) is 5.32 Å². The number of rotatable bonds is 41. The second-order valence-corrected chi connectivity index (χ2v) is 17.8. The van der Waals surface area contributed by atoms with E-state index in [1.54, 1.807) is 6.08 Å². The molecule has 11 heteroatoms. The molecule has 0 radical (unpaired) electrons. The summed E-state index contributed by atoms with van der Waals surface area (Å²) in [6.07, 6.45) is 56.1. The third-order valence-electron chi connectivity index (χ3n) is 11.5. The minimum absolute atomic E-state index is 0.0566. The van der Waals surface area contributed by atoms with E-state index in [4.69, 9.17) is 14.2 Å². The summed E-state index contributed by atoms with van der Waals surface area (Å²) in [5, 5.41) is 56.6. The van der Waals surface area contributed by atoms with Gasteiger partial charge in [0.15, 0.2) is 12.4 Å². The molecule has 1 aliphatic heterocycles. The highest BCUT2D eigenvalue weighted by atomic mass is 16.7. The smallest absolute Gasteiger partial charge is 0.306 e. The zero-order valence-electron chi connectivity index (χ0n) is 43.5. The monoisotopic (exact) mass is 988 g/mol. The van der Waals surface area contributed by atoms with Crippen LogP contribution in [0.3, 0.4) is 0 Å². The maximum absolute atomic E-state index is 13.3. The second kappa shape index (κ2) is 46.6. The van der Waals surface area contributed by atoms with Crippen LogP contribution in [0.25, 0.3) is 0 Å². The molecule has 8 atom stereocenters. The summed E-state index contributed by atoms with van der Waals surface area (Å²) in [4.78, 5) is 26.4. The number of allylic oxidation sites excluding steroid dienone is 23. The summed E-state index contributed by atoms with van der Waals surface area (Å²) in [5.74, 6) is -1.30. The highest BCUT2D eigenvalue weighted by molar-refractivity contribution is 5.80. The van der Waals surface area contributed by atoms with E-state index in [9.17, 15) is 35.1 Å². The maximum atomic E-state index is 13.3. The lowest BCUT2D eigenvalue weighted by Crippen LogP contribution is -2.61. The van der Waals surface area contributed by atoms with Crippen LogP contribution < -0.4 is 5.32 Å². The molecular weight excluding hydrogens is 895 g/mol. The molecule has 1 heterocycles. The Kier molecular flexibility index (Phi) is 42.4. The predicted molar refractivity (Wildman–Crippen MR) is 291 cm³/mol. The van der Waals surface area contributed by atoms with Crippen molar-refractivity contribution in [2.75, 3.05) is 13.2 Å². The van der Waals surface area contributed by atoms with Crippen molar-refractivity contribution in [3.05, 3.63) is 146 Å². The fraction of sp³-hybridized carbons (Fsp3) is 0.567. The third kappa shape index (κ3) is 35.3. The summed E-state index contributed by atoms with van der Waals surface area (Å²) in [6.45, 7) is 5.38. The summed E-state index contributed by atoms with van der Waals surface area (Å²) >= 11 is 0. The molecule has 11 nitrogen and oxygen atoms in total. The zero-order chi connectivity index (χ0) is 51.8. The van der Waals surface area contributed by atoms with Crippen molar-refractivity contribution in [2.24, 2.45) is 0 Å². The number of nitrogens with one attached hydrogen (secondary N) is 1. The maximum Gasteiger partial charge on any atom is 0.306 e. The standard InChI is InChI=1S/C60H93NO10/c1-4-7-10-13-16-19-22-24-26-27-28-30-33-36-39-42-45-48-55(65)71-58-57(67)56(66)54(49-62)70-60(58)69-50-51(52(63)46-43-40-37-34-31-21-18-15-12-9-6-3)61-59(68)53(64)47-44-41-38-35-32-29-25-23-20-17-14-11-8-5-2/h7-8,10-11,13-14,16-17,19-20,22-30,32-33,35,43,46,51-54,56-58,60,62-64,66-67H,4-6,9,12,15,18,21,31,34,36-42,44-45,47-50H2,1-3H3,(H,61,68)/b10-7-,11-8+,16-13+,17-14+,22-19+,23-20-,26-24-,28-27+,29-25-,33-30+,35-32+,46-43+. The molecule has 0 aromatic carbocycles. The lowest BCUT2D eigenvalue weighted by Gasteiger charge is -2.41. The van der Waals surface area contributed by atoms with E-state index in [0.29, 0.717) is 12.8 Å². The normalized spacial score (nSPS) is 20.8. The molecule has 71 heavy (non-hydrogen) atoms. The van der Waals surface area contributed by atoms with Gasteiger partial charge in [0.05, 0.1) is 25.4 Å². The van der Waals surface area contributed by atoms with Crippen molar-refractivity contribution in [3.8, 4) is 0 Å². The highest BCUT2D eigenvalue weighted by Gasteiger charge is 2.47. The van der Waals surface area contributed by atoms with Gasteiger partial charge in [0.25, 0.3) is 0 Å². The molecule has 0 spiro atoms. The molecule has 1 aliphatic rings. The first-order chi connectivity index (χ1) is 34.7. The van der Waals surface area contributed by atoms with Crippen molar-refractivity contribution in [2.45, 2.75) is 205 Å².